The van der Waals surface area contributed by atoms with Gasteiger partial charge in [-0.15, -0.1) is 0 Å². The minimum Gasteiger partial charge on any atom is -1.00 e. The van der Waals surface area contributed by atoms with Crippen molar-refractivity contribution in [3.63, 3.8) is 0 Å². The molecule has 0 radical (unpaired) electrons. The van der Waals surface area contributed by atoms with Crippen molar-refractivity contribution in [2.75, 3.05) is 40.0 Å². The number of benzene rings is 1. The van der Waals surface area contributed by atoms with Gasteiger partial charge in [-0.05, 0) is 32.4 Å². The zero-order valence-electron chi connectivity index (χ0n) is 14.5. The molecule has 1 N–H and O–H groups in total. The Morgan fingerprint density at radius 2 is 1.83 bits per heavy atom. The number of rotatable bonds is 10. The molecule has 0 heterocycles. The molecule has 0 aliphatic rings. The van der Waals surface area contributed by atoms with Gasteiger partial charge in [0.15, 0.2) is 11.5 Å². The topological polar surface area (TPSA) is 49.2 Å². The number of carbonyl (C=O) groups is 1. The van der Waals surface area contributed by atoms with Gasteiger partial charge in [-0.1, -0.05) is 13.0 Å². The summed E-state index contributed by atoms with van der Waals surface area (Å²) in [4.78, 5) is 13.7. The number of ether oxygens (including phenoxy) is 3. The van der Waals surface area contributed by atoms with Crippen LogP contribution in [0.15, 0.2) is 18.2 Å². The zero-order valence-corrected chi connectivity index (χ0v) is 15.2. The molecule has 0 saturated heterocycles. The summed E-state index contributed by atoms with van der Waals surface area (Å²) < 4.78 is 16.3. The third kappa shape index (κ3) is 6.67. The summed E-state index contributed by atoms with van der Waals surface area (Å²) in [6.45, 7) is 10.1. The number of para-hydroxylation sites is 1. The maximum atomic E-state index is 12.3. The summed E-state index contributed by atoms with van der Waals surface area (Å²) in [6.07, 6.45) is 0.859. The van der Waals surface area contributed by atoms with Crippen molar-refractivity contribution in [3.8, 4) is 11.5 Å². The predicted molar refractivity (Wildman–Crippen MR) is 86.0 cm³/mol. The van der Waals surface area contributed by atoms with Crippen molar-refractivity contribution in [1.82, 2.24) is 0 Å². The van der Waals surface area contributed by atoms with E-state index in [0.717, 1.165) is 26.1 Å². The first kappa shape index (κ1) is 21.5. The van der Waals surface area contributed by atoms with Crippen molar-refractivity contribution in [2.45, 2.75) is 27.2 Å². The lowest BCUT2D eigenvalue weighted by Crippen LogP contribution is -3.11. The van der Waals surface area contributed by atoms with Gasteiger partial charge in [-0.2, -0.15) is 0 Å². The minimum atomic E-state index is -0.364. The maximum Gasteiger partial charge on any atom is 0.342 e. The van der Waals surface area contributed by atoms with Crippen molar-refractivity contribution in [1.29, 1.82) is 0 Å². The first-order valence-electron chi connectivity index (χ1n) is 7.98. The van der Waals surface area contributed by atoms with E-state index in [1.165, 1.54) is 4.90 Å². The molecule has 0 unspecified atom stereocenters. The molecule has 0 aromatic heterocycles. The SMILES string of the molecule is CCCOc1c(OC)cccc1C(=O)OCC[NH+](CC)CC.[Cl-]. The number of esters is 1. The van der Waals surface area contributed by atoms with Gasteiger partial charge in [-0.25, -0.2) is 4.79 Å². The number of nitrogens with one attached hydrogen (secondary N) is 1. The molecule has 1 rings (SSSR count). The van der Waals surface area contributed by atoms with Crippen LogP contribution in [0.3, 0.4) is 0 Å². The molecule has 6 heteroatoms. The fraction of sp³-hybridized carbons (Fsp3) is 0.588. The van der Waals surface area contributed by atoms with Gasteiger partial charge in [0.25, 0.3) is 0 Å². The molecule has 5 nitrogen and oxygen atoms in total. The lowest BCUT2D eigenvalue weighted by Gasteiger charge is -2.16. The molecule has 0 bridgehead atoms. The smallest absolute Gasteiger partial charge is 0.342 e. The van der Waals surface area contributed by atoms with Crippen LogP contribution in [0, 0.1) is 0 Å². The molecule has 0 aliphatic heterocycles. The average molecular weight is 346 g/mol. The fourth-order valence-electron chi connectivity index (χ4n) is 2.16. The van der Waals surface area contributed by atoms with Gasteiger partial charge < -0.3 is 31.5 Å². The predicted octanol–water partition coefficient (Wildman–Crippen LogP) is -1.43. The van der Waals surface area contributed by atoms with E-state index in [9.17, 15) is 4.79 Å². The number of halogens is 1. The first-order chi connectivity index (χ1) is 10.7. The van der Waals surface area contributed by atoms with Crippen molar-refractivity contribution >= 4 is 5.97 Å². The quantitative estimate of drug-likeness (QED) is 0.528. The number of methoxy groups -OCH3 is 1. The highest BCUT2D eigenvalue weighted by molar-refractivity contribution is 5.93. The molecule has 1 aromatic carbocycles. The van der Waals surface area contributed by atoms with Crippen LogP contribution in [0.25, 0.3) is 0 Å². The van der Waals surface area contributed by atoms with Gasteiger partial charge in [0.1, 0.15) is 18.7 Å². The molecule has 0 spiro atoms. The summed E-state index contributed by atoms with van der Waals surface area (Å²) in [5, 5.41) is 0. The largest absolute Gasteiger partial charge is 1.00 e. The van der Waals surface area contributed by atoms with E-state index in [1.54, 1.807) is 25.3 Å². The monoisotopic (exact) mass is 345 g/mol. The van der Waals surface area contributed by atoms with Crippen LogP contribution in [-0.2, 0) is 4.74 Å². The van der Waals surface area contributed by atoms with Crippen LogP contribution in [0.5, 0.6) is 11.5 Å². The Bertz CT molecular complexity index is 464. The second kappa shape index (κ2) is 12.0. The Labute approximate surface area is 145 Å². The lowest BCUT2D eigenvalue weighted by molar-refractivity contribution is -0.896. The summed E-state index contributed by atoms with van der Waals surface area (Å²) in [7, 11) is 1.56. The maximum absolute atomic E-state index is 12.3. The number of hydrogen-bond donors (Lipinski definition) is 1. The summed E-state index contributed by atoms with van der Waals surface area (Å²) >= 11 is 0. The zero-order chi connectivity index (χ0) is 16.4. The van der Waals surface area contributed by atoms with E-state index >= 15 is 0 Å². The second-order valence-electron chi connectivity index (χ2n) is 5.03. The number of quaternary nitrogens is 1. The Hall–Kier alpha value is -1.46. The molecule has 23 heavy (non-hydrogen) atoms. The second-order valence-corrected chi connectivity index (χ2v) is 5.03. The van der Waals surface area contributed by atoms with Gasteiger partial charge in [-0.3, -0.25) is 0 Å². The van der Waals surface area contributed by atoms with E-state index < -0.39 is 0 Å². The summed E-state index contributed by atoms with van der Waals surface area (Å²) in [5.74, 6) is 0.654. The highest BCUT2D eigenvalue weighted by Crippen LogP contribution is 2.31. The molecule has 1 aromatic rings. The Kier molecular flexibility index (Phi) is 11.3. The van der Waals surface area contributed by atoms with Crippen LogP contribution in [0.1, 0.15) is 37.6 Å². The van der Waals surface area contributed by atoms with Crippen molar-refractivity contribution in [3.05, 3.63) is 23.8 Å². The molecule has 0 fully saturated rings. The Morgan fingerprint density at radius 1 is 1.13 bits per heavy atom. The molecular weight excluding hydrogens is 318 g/mol. The van der Waals surface area contributed by atoms with Crippen LogP contribution in [0.2, 0.25) is 0 Å². The van der Waals surface area contributed by atoms with Gasteiger partial charge in [0.2, 0.25) is 0 Å². The highest BCUT2D eigenvalue weighted by Gasteiger charge is 2.18. The van der Waals surface area contributed by atoms with Gasteiger partial charge in [0.05, 0.1) is 26.8 Å². The molecule has 0 aliphatic carbocycles. The normalized spacial score (nSPS) is 10.1. The van der Waals surface area contributed by atoms with Crippen LogP contribution in [-0.4, -0.2) is 45.9 Å². The van der Waals surface area contributed by atoms with Gasteiger partial charge in [0, 0.05) is 0 Å². The number of hydrogen-bond acceptors (Lipinski definition) is 4. The van der Waals surface area contributed by atoms with Crippen molar-refractivity contribution < 1.29 is 36.3 Å². The van der Waals surface area contributed by atoms with Gasteiger partial charge >= 0.3 is 5.97 Å². The van der Waals surface area contributed by atoms with E-state index in [2.05, 4.69) is 13.8 Å². The lowest BCUT2D eigenvalue weighted by atomic mass is 10.2. The number of likely N-dealkylation sites (N-methyl/N-ethyl adjacent to an activating group) is 1. The Balaban J connectivity index is 0.00000484. The highest BCUT2D eigenvalue weighted by atomic mass is 35.5. The average Bonchev–Trinajstić information content (AvgIpc) is 2.56. The van der Waals surface area contributed by atoms with Crippen molar-refractivity contribution in [2.24, 2.45) is 0 Å². The first-order valence-corrected chi connectivity index (χ1v) is 7.98. The Morgan fingerprint density at radius 3 is 2.39 bits per heavy atom. The van der Waals surface area contributed by atoms with E-state index in [1.807, 2.05) is 6.92 Å². The third-order valence-electron chi connectivity index (χ3n) is 3.56. The van der Waals surface area contributed by atoms with E-state index in [-0.39, 0.29) is 18.4 Å². The standard InChI is InChI=1S/C17H27NO4.ClH/c1-5-12-21-16-14(9-8-10-15(16)20-4)17(19)22-13-11-18(6-2)7-3;/h8-10H,5-7,11-13H2,1-4H3;1H. The number of carbonyl (C=O) groups excluding carboxylic acids is 1. The minimum absolute atomic E-state index is 0. The summed E-state index contributed by atoms with van der Waals surface area (Å²) in [5.41, 5.74) is 0.419. The third-order valence-corrected chi connectivity index (χ3v) is 3.56. The molecule has 0 saturated carbocycles. The summed E-state index contributed by atoms with van der Waals surface area (Å²) in [6, 6.07) is 5.26. The molecular formula is C17H28ClNO4. The van der Waals surface area contributed by atoms with E-state index in [4.69, 9.17) is 14.2 Å². The molecule has 0 atom stereocenters. The van der Waals surface area contributed by atoms with Crippen LogP contribution in [0.4, 0.5) is 0 Å². The van der Waals surface area contributed by atoms with E-state index in [0.29, 0.717) is 30.3 Å². The molecule has 0 amide bonds. The molecule has 132 valence electrons. The van der Waals surface area contributed by atoms with Crippen LogP contribution >= 0.6 is 0 Å². The fourth-order valence-corrected chi connectivity index (χ4v) is 2.16. The van der Waals surface area contributed by atoms with Crippen LogP contribution < -0.4 is 26.8 Å².